The summed E-state index contributed by atoms with van der Waals surface area (Å²) in [6, 6.07) is 0. The lowest BCUT2D eigenvalue weighted by Gasteiger charge is -1.93. The Bertz CT molecular complexity index is 357. The van der Waals surface area contributed by atoms with Gasteiger partial charge in [0.05, 0.1) is 17.8 Å². The monoisotopic (exact) mass is 176 g/mol. The van der Waals surface area contributed by atoms with Crippen LogP contribution in [0.15, 0.2) is 6.20 Å². The molecule has 0 atom stereocenters. The zero-order chi connectivity index (χ0) is 9.84. The molecule has 0 aliphatic heterocycles. The van der Waals surface area contributed by atoms with Gasteiger partial charge in [0.15, 0.2) is 5.78 Å². The molecule has 0 N–H and O–H groups in total. The summed E-state index contributed by atoms with van der Waals surface area (Å²) >= 11 is 0. The van der Waals surface area contributed by atoms with Crippen LogP contribution in [0.3, 0.4) is 0 Å². The van der Waals surface area contributed by atoms with Crippen molar-refractivity contribution in [3.05, 3.63) is 17.5 Å². The zero-order valence-corrected chi connectivity index (χ0v) is 7.87. The van der Waals surface area contributed by atoms with E-state index in [1.807, 2.05) is 6.92 Å². The Morgan fingerprint density at radius 2 is 2.46 bits per heavy atom. The second kappa shape index (κ2) is 3.90. The standard InChI is InChI=1S/C10H12N2O/c1-4-5-6-12-7-10(9(3)13)8(2)11-12/h1,7H,5-6H2,2-3H3. The average Bonchev–Trinajstić information content (AvgIpc) is 2.43. The fraction of sp³-hybridized carbons (Fsp3) is 0.400. The first-order valence-corrected chi connectivity index (χ1v) is 4.13. The van der Waals surface area contributed by atoms with Gasteiger partial charge >= 0.3 is 0 Å². The van der Waals surface area contributed by atoms with Gasteiger partial charge in [-0.3, -0.25) is 9.48 Å². The smallest absolute Gasteiger partial charge is 0.163 e. The average molecular weight is 176 g/mol. The first kappa shape index (κ1) is 9.53. The molecule has 0 saturated carbocycles. The van der Waals surface area contributed by atoms with E-state index in [0.717, 1.165) is 5.69 Å². The minimum Gasteiger partial charge on any atom is -0.294 e. The molecule has 68 valence electrons. The Balaban J connectivity index is 2.84. The highest BCUT2D eigenvalue weighted by Crippen LogP contribution is 2.06. The first-order chi connectivity index (χ1) is 6.15. The minimum absolute atomic E-state index is 0.0458. The lowest BCUT2D eigenvalue weighted by molar-refractivity contribution is 0.101. The number of Topliss-reactive ketones (excluding diaryl/α,β-unsaturated/α-hetero) is 1. The molecule has 1 aromatic heterocycles. The van der Waals surface area contributed by atoms with Gasteiger partial charge in [-0.2, -0.15) is 5.10 Å². The number of terminal acetylenes is 1. The van der Waals surface area contributed by atoms with Crippen LogP contribution in [0.2, 0.25) is 0 Å². The molecular formula is C10H12N2O. The van der Waals surface area contributed by atoms with Crippen LogP contribution >= 0.6 is 0 Å². The fourth-order valence-electron chi connectivity index (χ4n) is 1.16. The maximum Gasteiger partial charge on any atom is 0.163 e. The van der Waals surface area contributed by atoms with Crippen LogP contribution in [0.25, 0.3) is 0 Å². The summed E-state index contributed by atoms with van der Waals surface area (Å²) in [5.41, 5.74) is 1.45. The minimum atomic E-state index is 0.0458. The van der Waals surface area contributed by atoms with Crippen molar-refractivity contribution in [3.8, 4) is 12.3 Å². The van der Waals surface area contributed by atoms with Gasteiger partial charge in [-0.25, -0.2) is 0 Å². The summed E-state index contributed by atoms with van der Waals surface area (Å²) in [7, 11) is 0. The van der Waals surface area contributed by atoms with Gasteiger partial charge in [0.1, 0.15) is 0 Å². The second-order valence-electron chi connectivity index (χ2n) is 2.90. The number of nitrogens with zero attached hydrogens (tertiary/aromatic N) is 2. The molecular weight excluding hydrogens is 164 g/mol. The molecule has 3 nitrogen and oxygen atoms in total. The number of carbonyl (C=O) groups excluding carboxylic acids is 1. The number of aryl methyl sites for hydroxylation is 2. The molecule has 1 heterocycles. The molecule has 0 aliphatic rings. The van der Waals surface area contributed by atoms with Crippen molar-refractivity contribution in [2.75, 3.05) is 0 Å². The summed E-state index contributed by atoms with van der Waals surface area (Å²) in [4.78, 5) is 11.1. The second-order valence-corrected chi connectivity index (χ2v) is 2.90. The summed E-state index contributed by atoms with van der Waals surface area (Å²) < 4.78 is 1.71. The van der Waals surface area contributed by atoms with Crippen LogP contribution < -0.4 is 0 Å². The van der Waals surface area contributed by atoms with E-state index in [4.69, 9.17) is 6.42 Å². The van der Waals surface area contributed by atoms with E-state index in [0.29, 0.717) is 18.5 Å². The van der Waals surface area contributed by atoms with Crippen molar-refractivity contribution < 1.29 is 4.79 Å². The van der Waals surface area contributed by atoms with Crippen molar-refractivity contribution in [1.29, 1.82) is 0 Å². The van der Waals surface area contributed by atoms with E-state index in [1.54, 1.807) is 10.9 Å². The normalized spacial score (nSPS) is 9.62. The predicted octanol–water partition coefficient (Wildman–Crippen LogP) is 1.42. The fourth-order valence-corrected chi connectivity index (χ4v) is 1.16. The van der Waals surface area contributed by atoms with Crippen LogP contribution in [-0.2, 0) is 6.54 Å². The predicted molar refractivity (Wildman–Crippen MR) is 50.4 cm³/mol. The molecule has 0 spiro atoms. The van der Waals surface area contributed by atoms with Gasteiger partial charge in [-0.15, -0.1) is 12.3 Å². The van der Waals surface area contributed by atoms with Gasteiger partial charge in [-0.05, 0) is 13.8 Å². The quantitative estimate of drug-likeness (QED) is 0.515. The third kappa shape index (κ3) is 2.19. The maximum atomic E-state index is 11.1. The largest absolute Gasteiger partial charge is 0.294 e. The van der Waals surface area contributed by atoms with Gasteiger partial charge in [0.2, 0.25) is 0 Å². The van der Waals surface area contributed by atoms with Crippen LogP contribution in [0.1, 0.15) is 29.4 Å². The number of aromatic nitrogens is 2. The maximum absolute atomic E-state index is 11.1. The van der Waals surface area contributed by atoms with Crippen LogP contribution in [0.5, 0.6) is 0 Å². The molecule has 0 aromatic carbocycles. The third-order valence-corrected chi connectivity index (χ3v) is 1.81. The van der Waals surface area contributed by atoms with Gasteiger partial charge in [0, 0.05) is 12.6 Å². The molecule has 0 bridgehead atoms. The number of rotatable bonds is 3. The number of carbonyl (C=O) groups is 1. The zero-order valence-electron chi connectivity index (χ0n) is 7.87. The molecule has 0 radical (unpaired) electrons. The van der Waals surface area contributed by atoms with Gasteiger partial charge in [-0.1, -0.05) is 0 Å². The Labute approximate surface area is 77.8 Å². The summed E-state index contributed by atoms with van der Waals surface area (Å²) in [6.07, 6.45) is 7.51. The molecule has 3 heteroatoms. The Morgan fingerprint density at radius 1 is 1.77 bits per heavy atom. The third-order valence-electron chi connectivity index (χ3n) is 1.81. The SMILES string of the molecule is C#CCCn1cc(C(C)=O)c(C)n1. The van der Waals surface area contributed by atoms with Gasteiger partial charge < -0.3 is 0 Å². The van der Waals surface area contributed by atoms with Crippen molar-refractivity contribution in [3.63, 3.8) is 0 Å². The summed E-state index contributed by atoms with van der Waals surface area (Å²) in [5, 5.41) is 4.17. The topological polar surface area (TPSA) is 34.9 Å². The van der Waals surface area contributed by atoms with E-state index in [-0.39, 0.29) is 5.78 Å². The first-order valence-electron chi connectivity index (χ1n) is 4.13. The lowest BCUT2D eigenvalue weighted by atomic mass is 10.2. The van der Waals surface area contributed by atoms with E-state index >= 15 is 0 Å². The van der Waals surface area contributed by atoms with Crippen LogP contribution in [0, 0.1) is 19.3 Å². The molecule has 13 heavy (non-hydrogen) atoms. The molecule has 0 saturated heterocycles. The van der Waals surface area contributed by atoms with Crippen molar-refractivity contribution in [2.45, 2.75) is 26.8 Å². The number of hydrogen-bond donors (Lipinski definition) is 0. The Kier molecular flexibility index (Phi) is 2.86. The van der Waals surface area contributed by atoms with Crippen molar-refractivity contribution >= 4 is 5.78 Å². The molecule has 0 aliphatic carbocycles. The Morgan fingerprint density at radius 3 is 2.92 bits per heavy atom. The highest BCUT2D eigenvalue weighted by atomic mass is 16.1. The Hall–Kier alpha value is -1.56. The van der Waals surface area contributed by atoms with E-state index < -0.39 is 0 Å². The van der Waals surface area contributed by atoms with Crippen molar-refractivity contribution in [2.24, 2.45) is 0 Å². The molecule has 0 unspecified atom stereocenters. The van der Waals surface area contributed by atoms with Crippen LogP contribution in [0.4, 0.5) is 0 Å². The van der Waals surface area contributed by atoms with E-state index in [2.05, 4.69) is 11.0 Å². The van der Waals surface area contributed by atoms with Crippen molar-refractivity contribution in [1.82, 2.24) is 9.78 Å². The number of hydrogen-bond acceptors (Lipinski definition) is 2. The highest BCUT2D eigenvalue weighted by Gasteiger charge is 2.07. The lowest BCUT2D eigenvalue weighted by Crippen LogP contribution is -1.97. The molecule has 0 amide bonds. The summed E-state index contributed by atoms with van der Waals surface area (Å²) in [6.45, 7) is 4.03. The molecule has 1 aromatic rings. The highest BCUT2D eigenvalue weighted by molar-refractivity contribution is 5.94. The van der Waals surface area contributed by atoms with Crippen LogP contribution in [-0.4, -0.2) is 15.6 Å². The van der Waals surface area contributed by atoms with E-state index in [9.17, 15) is 4.79 Å². The molecule has 0 fully saturated rings. The molecule has 1 rings (SSSR count). The number of ketones is 1. The summed E-state index contributed by atoms with van der Waals surface area (Å²) in [5.74, 6) is 2.57. The van der Waals surface area contributed by atoms with Gasteiger partial charge in [0.25, 0.3) is 0 Å². The van der Waals surface area contributed by atoms with E-state index in [1.165, 1.54) is 6.92 Å².